The molecule has 0 saturated carbocycles. The number of rotatable bonds is 8. The lowest BCUT2D eigenvalue weighted by Crippen LogP contribution is -2.18. The van der Waals surface area contributed by atoms with Crippen LogP contribution in [-0.4, -0.2) is 38.4 Å². The second-order valence-electron chi connectivity index (χ2n) is 8.75. The van der Waals surface area contributed by atoms with Crippen molar-refractivity contribution in [1.29, 1.82) is 0 Å². The fourth-order valence-electron chi connectivity index (χ4n) is 3.15. The van der Waals surface area contributed by atoms with Crippen LogP contribution >= 0.6 is 0 Å². The van der Waals surface area contributed by atoms with Crippen molar-refractivity contribution in [3.63, 3.8) is 0 Å². The number of ether oxygens (including phenoxy) is 1. The zero-order valence-corrected chi connectivity index (χ0v) is 19.8. The lowest BCUT2D eigenvalue weighted by atomic mass is 9.96. The van der Waals surface area contributed by atoms with Crippen molar-refractivity contribution in [2.24, 2.45) is 0 Å². The highest BCUT2D eigenvalue weighted by Crippen LogP contribution is 2.34. The second-order valence-corrected chi connectivity index (χ2v) is 8.75. The first-order chi connectivity index (χ1) is 16.4. The third kappa shape index (κ3) is 6.46. The minimum absolute atomic E-state index is 0.0666. The number of aromatic nitrogens is 4. The maximum atomic E-state index is 13.6. The molecule has 0 aliphatic heterocycles. The molecular formula is C23H26F3N5O4. The Morgan fingerprint density at radius 3 is 2.40 bits per heavy atom. The largest absolute Gasteiger partial charge is 0.462 e. The maximum Gasteiger partial charge on any atom is 0.434 e. The third-order valence-corrected chi connectivity index (χ3v) is 4.86. The van der Waals surface area contributed by atoms with Crippen molar-refractivity contribution in [2.75, 3.05) is 11.9 Å². The van der Waals surface area contributed by atoms with E-state index in [4.69, 9.17) is 9.26 Å². The second kappa shape index (κ2) is 10.3. The van der Waals surface area contributed by atoms with Crippen molar-refractivity contribution in [1.82, 2.24) is 19.9 Å². The van der Waals surface area contributed by atoms with Crippen LogP contribution in [0.25, 0.3) is 5.69 Å². The van der Waals surface area contributed by atoms with Gasteiger partial charge in [-0.1, -0.05) is 25.9 Å². The third-order valence-electron chi connectivity index (χ3n) is 4.86. The van der Waals surface area contributed by atoms with Gasteiger partial charge in [-0.3, -0.25) is 4.79 Å². The standard InChI is InChI=1S/C23H26F3N5O4/c1-5-34-20(33)16-13-27-31(19(16)23(24,25)26)15-11-9-14(10-12-15)28-17(32)7-6-8-18-29-21(30-35-18)22(2,3)4/h9-13H,5-8H2,1-4H3,(H,28,32). The molecule has 3 rings (SSSR count). The van der Waals surface area contributed by atoms with Crippen LogP contribution < -0.4 is 5.32 Å². The molecule has 0 unspecified atom stereocenters. The van der Waals surface area contributed by atoms with Crippen LogP contribution in [0.15, 0.2) is 35.0 Å². The first-order valence-corrected chi connectivity index (χ1v) is 11.0. The Morgan fingerprint density at radius 1 is 1.14 bits per heavy atom. The number of esters is 1. The van der Waals surface area contributed by atoms with Gasteiger partial charge in [-0.25, -0.2) is 9.48 Å². The molecule has 0 fully saturated rings. The van der Waals surface area contributed by atoms with E-state index in [0.717, 1.165) is 6.20 Å². The Labute approximate surface area is 199 Å². The van der Waals surface area contributed by atoms with Crippen LogP contribution in [0.2, 0.25) is 0 Å². The summed E-state index contributed by atoms with van der Waals surface area (Å²) in [5.41, 5.74) is -1.67. The quantitative estimate of drug-likeness (QED) is 0.452. The SMILES string of the molecule is CCOC(=O)c1cnn(-c2ccc(NC(=O)CCCc3nc(C(C)(C)C)no3)cc2)c1C(F)(F)F. The molecule has 0 atom stereocenters. The number of nitrogens with one attached hydrogen (secondary N) is 1. The smallest absolute Gasteiger partial charge is 0.434 e. The number of nitrogens with zero attached hydrogens (tertiary/aromatic N) is 4. The van der Waals surface area contributed by atoms with Gasteiger partial charge >= 0.3 is 12.1 Å². The molecule has 2 aromatic heterocycles. The number of amides is 1. The molecule has 0 spiro atoms. The van der Waals surface area contributed by atoms with Crippen LogP contribution in [0.3, 0.4) is 0 Å². The summed E-state index contributed by atoms with van der Waals surface area (Å²) >= 11 is 0. The minimum atomic E-state index is -4.84. The van der Waals surface area contributed by atoms with Gasteiger partial charge in [0.05, 0.1) is 18.5 Å². The number of aryl methyl sites for hydroxylation is 1. The van der Waals surface area contributed by atoms with Crippen LogP contribution in [0, 0.1) is 0 Å². The number of benzene rings is 1. The number of carbonyl (C=O) groups excluding carboxylic acids is 2. The molecule has 1 aromatic carbocycles. The Hall–Kier alpha value is -3.70. The Balaban J connectivity index is 1.63. The van der Waals surface area contributed by atoms with Gasteiger partial charge in [0, 0.05) is 23.9 Å². The molecule has 1 amide bonds. The molecule has 9 nitrogen and oxygen atoms in total. The molecule has 2 heterocycles. The molecule has 0 aliphatic rings. The predicted octanol–water partition coefficient (Wildman–Crippen LogP) is 4.71. The summed E-state index contributed by atoms with van der Waals surface area (Å²) in [6.45, 7) is 7.33. The molecular weight excluding hydrogens is 467 g/mol. The van der Waals surface area contributed by atoms with Gasteiger partial charge < -0.3 is 14.6 Å². The average molecular weight is 493 g/mol. The monoisotopic (exact) mass is 493 g/mol. The van der Waals surface area contributed by atoms with E-state index < -0.39 is 23.4 Å². The molecule has 1 N–H and O–H groups in total. The highest BCUT2D eigenvalue weighted by atomic mass is 19.4. The summed E-state index contributed by atoms with van der Waals surface area (Å²) in [5, 5.41) is 10.3. The molecule has 0 radical (unpaired) electrons. The first-order valence-electron chi connectivity index (χ1n) is 11.0. The van der Waals surface area contributed by atoms with Crippen molar-refractivity contribution in [3.05, 3.63) is 53.4 Å². The van der Waals surface area contributed by atoms with Crippen LogP contribution in [0.1, 0.15) is 68.3 Å². The molecule has 35 heavy (non-hydrogen) atoms. The number of alkyl halides is 3. The fraction of sp³-hybridized carbons (Fsp3) is 0.435. The van der Waals surface area contributed by atoms with Gasteiger partial charge in [-0.05, 0) is 37.6 Å². The van der Waals surface area contributed by atoms with Crippen LogP contribution in [0.5, 0.6) is 0 Å². The van der Waals surface area contributed by atoms with Crippen LogP contribution in [0.4, 0.5) is 18.9 Å². The van der Waals surface area contributed by atoms with E-state index in [0.29, 0.717) is 34.9 Å². The lowest BCUT2D eigenvalue weighted by Gasteiger charge is -2.13. The minimum Gasteiger partial charge on any atom is -0.462 e. The molecule has 0 aliphatic carbocycles. The van der Waals surface area contributed by atoms with E-state index in [-0.39, 0.29) is 30.0 Å². The Kier molecular flexibility index (Phi) is 7.61. The van der Waals surface area contributed by atoms with E-state index in [1.54, 1.807) is 0 Å². The zero-order valence-electron chi connectivity index (χ0n) is 19.8. The zero-order chi connectivity index (χ0) is 25.8. The van der Waals surface area contributed by atoms with Gasteiger partial charge in [-0.15, -0.1) is 0 Å². The van der Waals surface area contributed by atoms with Gasteiger partial charge in [0.15, 0.2) is 11.5 Å². The van der Waals surface area contributed by atoms with Crippen molar-refractivity contribution in [2.45, 2.75) is 58.5 Å². The first kappa shape index (κ1) is 25.9. The van der Waals surface area contributed by atoms with E-state index in [1.165, 1.54) is 31.2 Å². The van der Waals surface area contributed by atoms with E-state index in [1.807, 2.05) is 20.8 Å². The normalized spacial score (nSPS) is 12.0. The van der Waals surface area contributed by atoms with Gasteiger partial charge in [0.25, 0.3) is 0 Å². The Morgan fingerprint density at radius 2 is 1.83 bits per heavy atom. The summed E-state index contributed by atoms with van der Waals surface area (Å²) < 4.78 is 51.4. The molecule has 0 saturated heterocycles. The van der Waals surface area contributed by atoms with Crippen molar-refractivity contribution in [3.8, 4) is 5.69 Å². The number of hydrogen-bond acceptors (Lipinski definition) is 7. The lowest BCUT2D eigenvalue weighted by molar-refractivity contribution is -0.143. The van der Waals surface area contributed by atoms with E-state index in [2.05, 4.69) is 20.6 Å². The number of halogens is 3. The molecule has 12 heteroatoms. The highest BCUT2D eigenvalue weighted by Gasteiger charge is 2.41. The number of anilines is 1. The molecule has 0 bridgehead atoms. The maximum absolute atomic E-state index is 13.6. The van der Waals surface area contributed by atoms with E-state index in [9.17, 15) is 22.8 Å². The number of hydrogen-bond donors (Lipinski definition) is 1. The Bertz CT molecular complexity index is 1180. The van der Waals surface area contributed by atoms with Crippen LogP contribution in [-0.2, 0) is 27.5 Å². The van der Waals surface area contributed by atoms with Gasteiger partial charge in [-0.2, -0.15) is 23.3 Å². The van der Waals surface area contributed by atoms with Gasteiger partial charge in [0.2, 0.25) is 11.8 Å². The summed E-state index contributed by atoms with van der Waals surface area (Å²) in [6, 6.07) is 5.62. The fourth-order valence-corrected chi connectivity index (χ4v) is 3.15. The van der Waals surface area contributed by atoms with Gasteiger partial charge in [0.1, 0.15) is 5.56 Å². The van der Waals surface area contributed by atoms with Crippen molar-refractivity contribution >= 4 is 17.6 Å². The number of carbonyl (C=O) groups is 2. The molecule has 3 aromatic rings. The summed E-state index contributed by atoms with van der Waals surface area (Å²) in [6.07, 6.45) is -2.90. The summed E-state index contributed by atoms with van der Waals surface area (Å²) in [5.74, 6) is -0.329. The summed E-state index contributed by atoms with van der Waals surface area (Å²) in [7, 11) is 0. The van der Waals surface area contributed by atoms with Crippen molar-refractivity contribution < 1.29 is 32.0 Å². The molecule has 188 valence electrons. The topological polar surface area (TPSA) is 112 Å². The van der Waals surface area contributed by atoms with E-state index >= 15 is 0 Å². The highest BCUT2D eigenvalue weighted by molar-refractivity contribution is 5.91. The summed E-state index contributed by atoms with van der Waals surface area (Å²) in [4.78, 5) is 28.5. The average Bonchev–Trinajstić information content (AvgIpc) is 3.42. The predicted molar refractivity (Wildman–Crippen MR) is 119 cm³/mol.